The Balaban J connectivity index is 1.43. The highest BCUT2D eigenvalue weighted by molar-refractivity contribution is 7.14. The highest BCUT2D eigenvalue weighted by atomic mass is 32.1. The summed E-state index contributed by atoms with van der Waals surface area (Å²) in [5.74, 6) is -1.79. The third-order valence-electron chi connectivity index (χ3n) is 5.58. The molecule has 2 amide bonds. The van der Waals surface area contributed by atoms with Crippen LogP contribution < -0.4 is 11.1 Å². The molecule has 3 N–H and O–H groups in total. The van der Waals surface area contributed by atoms with E-state index in [1.54, 1.807) is 12.3 Å². The average molecular weight is 425 g/mol. The molecule has 2 aromatic rings. The molecule has 1 unspecified atom stereocenters. The molecule has 1 saturated heterocycles. The molecule has 1 aromatic carbocycles. The fourth-order valence-electron chi connectivity index (χ4n) is 3.86. The number of primary amides is 1. The molecule has 0 bridgehead atoms. The van der Waals surface area contributed by atoms with Crippen molar-refractivity contribution in [3.05, 3.63) is 57.8 Å². The first-order valence-electron chi connectivity index (χ1n) is 9.86. The number of thiophene rings is 1. The van der Waals surface area contributed by atoms with Crippen LogP contribution >= 0.6 is 11.3 Å². The van der Waals surface area contributed by atoms with Crippen molar-refractivity contribution in [2.45, 2.75) is 19.0 Å². The van der Waals surface area contributed by atoms with E-state index in [2.05, 4.69) is 22.3 Å². The summed E-state index contributed by atoms with van der Waals surface area (Å²) in [7, 11) is 0. The molecule has 2 aliphatic heterocycles. The van der Waals surface area contributed by atoms with Crippen molar-refractivity contribution in [3.8, 4) is 0 Å². The molecule has 3 heterocycles. The van der Waals surface area contributed by atoms with E-state index in [-0.39, 0.29) is 10.8 Å². The second-order valence-electron chi connectivity index (χ2n) is 7.80. The lowest BCUT2D eigenvalue weighted by Gasteiger charge is -2.40. The van der Waals surface area contributed by atoms with Crippen molar-refractivity contribution < 1.29 is 14.4 Å². The Morgan fingerprint density at radius 3 is 2.50 bits per heavy atom. The number of anilines is 1. The minimum Gasteiger partial charge on any atom is -0.367 e. The zero-order valence-electron chi connectivity index (χ0n) is 16.8. The van der Waals surface area contributed by atoms with Crippen molar-refractivity contribution in [1.29, 1.82) is 0 Å². The van der Waals surface area contributed by atoms with Gasteiger partial charge in [-0.05, 0) is 18.6 Å². The van der Waals surface area contributed by atoms with Gasteiger partial charge in [-0.15, -0.1) is 11.3 Å². The van der Waals surface area contributed by atoms with Crippen LogP contribution in [0.2, 0.25) is 0 Å². The Labute approximate surface area is 179 Å². The Bertz CT molecular complexity index is 1010. The Morgan fingerprint density at radius 2 is 1.83 bits per heavy atom. The lowest BCUT2D eigenvalue weighted by molar-refractivity contribution is -0.135. The maximum absolute atomic E-state index is 13.3. The molecule has 0 saturated carbocycles. The van der Waals surface area contributed by atoms with Crippen molar-refractivity contribution in [1.82, 2.24) is 9.80 Å². The molecule has 0 radical (unpaired) electrons. The summed E-state index contributed by atoms with van der Waals surface area (Å²) in [6.45, 7) is 5.54. The zero-order chi connectivity index (χ0) is 21.3. The first-order chi connectivity index (χ1) is 14.4. The zero-order valence-corrected chi connectivity index (χ0v) is 17.6. The second-order valence-corrected chi connectivity index (χ2v) is 8.68. The molecule has 0 spiro atoms. The quantitative estimate of drug-likeness (QED) is 0.565. The van der Waals surface area contributed by atoms with Crippen LogP contribution in [0.5, 0.6) is 0 Å². The summed E-state index contributed by atoms with van der Waals surface area (Å²) < 4.78 is 0. The van der Waals surface area contributed by atoms with Gasteiger partial charge in [0, 0.05) is 43.7 Å². The molecule has 156 valence electrons. The largest absolute Gasteiger partial charge is 0.367 e. The molecular weight excluding hydrogens is 400 g/mol. The summed E-state index contributed by atoms with van der Waals surface area (Å²) in [5.41, 5.74) is 6.73. The molecule has 7 nitrogen and oxygen atoms in total. The van der Waals surface area contributed by atoms with Crippen molar-refractivity contribution in [2.24, 2.45) is 5.73 Å². The first-order valence-corrected chi connectivity index (χ1v) is 10.7. The third-order valence-corrected chi connectivity index (χ3v) is 6.58. The van der Waals surface area contributed by atoms with E-state index in [0.717, 1.165) is 36.5 Å². The molecule has 1 atom stereocenters. The summed E-state index contributed by atoms with van der Waals surface area (Å²) in [4.78, 5) is 41.2. The van der Waals surface area contributed by atoms with E-state index >= 15 is 0 Å². The number of amides is 2. The monoisotopic (exact) mass is 424 g/mol. The van der Waals surface area contributed by atoms with Crippen LogP contribution in [-0.2, 0) is 16.1 Å². The van der Waals surface area contributed by atoms with Gasteiger partial charge in [-0.1, -0.05) is 36.4 Å². The number of carbonyl (C=O) groups excluding carboxylic acids is 3. The van der Waals surface area contributed by atoms with Crippen LogP contribution in [0.15, 0.2) is 41.8 Å². The van der Waals surface area contributed by atoms with Crippen LogP contribution in [0.25, 0.3) is 6.08 Å². The lowest BCUT2D eigenvalue weighted by Crippen LogP contribution is -2.57. The Kier molecular flexibility index (Phi) is 5.44. The number of hydrogen-bond acceptors (Lipinski definition) is 6. The normalized spacial score (nSPS) is 21.0. The maximum atomic E-state index is 13.3. The van der Waals surface area contributed by atoms with Gasteiger partial charge in [-0.25, -0.2) is 0 Å². The highest BCUT2D eigenvalue weighted by Gasteiger charge is 2.39. The molecule has 1 fully saturated rings. The standard InChI is InChI=1S/C22H24N4O3S/c1-22(8-7-16-14-30-19(17(16)24-22)18(27)20(23)28)21(29)26-11-9-25(10-12-26)13-15-5-3-2-4-6-15/h2-8,14,24H,9-13H2,1H3,(H2,23,28). The van der Waals surface area contributed by atoms with Gasteiger partial charge in [-0.3, -0.25) is 19.3 Å². The molecule has 0 aliphatic carbocycles. The predicted molar refractivity (Wildman–Crippen MR) is 117 cm³/mol. The number of fused-ring (bicyclic) bond motifs is 1. The van der Waals surface area contributed by atoms with Crippen molar-refractivity contribution in [2.75, 3.05) is 31.5 Å². The number of piperazine rings is 1. The second kappa shape index (κ2) is 8.04. The number of nitrogens with zero attached hydrogens (tertiary/aromatic N) is 2. The van der Waals surface area contributed by atoms with Gasteiger partial charge in [0.15, 0.2) is 0 Å². The summed E-state index contributed by atoms with van der Waals surface area (Å²) in [6, 6.07) is 10.3. The SMILES string of the molecule is CC1(C(=O)N2CCN(Cc3ccccc3)CC2)C=Cc2csc(C(=O)C(N)=O)c2N1. The van der Waals surface area contributed by atoms with Crippen molar-refractivity contribution in [3.63, 3.8) is 0 Å². The van der Waals surface area contributed by atoms with E-state index in [1.165, 1.54) is 5.56 Å². The number of carbonyl (C=O) groups is 3. The number of rotatable bonds is 5. The number of benzene rings is 1. The summed E-state index contributed by atoms with van der Waals surface area (Å²) in [5, 5.41) is 4.98. The van der Waals surface area contributed by atoms with Gasteiger partial charge >= 0.3 is 0 Å². The van der Waals surface area contributed by atoms with E-state index in [1.807, 2.05) is 35.3 Å². The minimum absolute atomic E-state index is 0.0487. The third kappa shape index (κ3) is 3.88. The van der Waals surface area contributed by atoms with Crippen LogP contribution in [0.3, 0.4) is 0 Å². The van der Waals surface area contributed by atoms with Gasteiger partial charge in [0.05, 0.1) is 5.69 Å². The van der Waals surface area contributed by atoms with Gasteiger partial charge in [0.1, 0.15) is 10.4 Å². The number of ketones is 1. The number of Topliss-reactive ketones (excluding diaryl/α,β-unsaturated/α-hetero) is 1. The topological polar surface area (TPSA) is 95.7 Å². The predicted octanol–water partition coefficient (Wildman–Crippen LogP) is 1.96. The van der Waals surface area contributed by atoms with Crippen LogP contribution in [0, 0.1) is 0 Å². The first kappa shape index (κ1) is 20.3. The number of hydrogen-bond donors (Lipinski definition) is 2. The van der Waals surface area contributed by atoms with Crippen LogP contribution in [-0.4, -0.2) is 59.1 Å². The molecule has 4 rings (SSSR count). The Hall–Kier alpha value is -2.97. The molecular formula is C22H24N4O3S. The highest BCUT2D eigenvalue weighted by Crippen LogP contribution is 2.37. The van der Waals surface area contributed by atoms with Gasteiger partial charge < -0.3 is 16.0 Å². The van der Waals surface area contributed by atoms with Gasteiger partial charge in [0.25, 0.3) is 17.6 Å². The number of nitrogens with two attached hydrogens (primary N) is 1. The molecule has 1 aromatic heterocycles. The average Bonchev–Trinajstić information content (AvgIpc) is 3.16. The van der Waals surface area contributed by atoms with Crippen molar-refractivity contribution >= 4 is 40.7 Å². The lowest BCUT2D eigenvalue weighted by atomic mass is 9.93. The van der Waals surface area contributed by atoms with E-state index < -0.39 is 17.2 Å². The van der Waals surface area contributed by atoms with Crippen LogP contribution in [0.1, 0.15) is 27.7 Å². The van der Waals surface area contributed by atoms with Crippen LogP contribution in [0.4, 0.5) is 5.69 Å². The maximum Gasteiger partial charge on any atom is 0.290 e. The molecule has 2 aliphatic rings. The minimum atomic E-state index is -1.00. The molecule has 30 heavy (non-hydrogen) atoms. The van der Waals surface area contributed by atoms with Gasteiger partial charge in [0.2, 0.25) is 0 Å². The van der Waals surface area contributed by atoms with Gasteiger partial charge in [-0.2, -0.15) is 0 Å². The molecule has 8 heteroatoms. The van der Waals surface area contributed by atoms with E-state index in [0.29, 0.717) is 18.8 Å². The fraction of sp³-hybridized carbons (Fsp3) is 0.318. The fourth-order valence-corrected chi connectivity index (χ4v) is 4.80. The van der Waals surface area contributed by atoms with E-state index in [9.17, 15) is 14.4 Å². The number of nitrogens with one attached hydrogen (secondary N) is 1. The summed E-state index contributed by atoms with van der Waals surface area (Å²) >= 11 is 1.16. The smallest absolute Gasteiger partial charge is 0.290 e. The van der Waals surface area contributed by atoms with E-state index in [4.69, 9.17) is 5.73 Å². The summed E-state index contributed by atoms with van der Waals surface area (Å²) in [6.07, 6.45) is 3.64. The Morgan fingerprint density at radius 1 is 1.13 bits per heavy atom.